The summed E-state index contributed by atoms with van der Waals surface area (Å²) in [6.45, 7) is 10.4. The van der Waals surface area contributed by atoms with Crippen LogP contribution in [-0.4, -0.2) is 74.4 Å². The van der Waals surface area contributed by atoms with Crippen molar-refractivity contribution in [1.82, 2.24) is 14.2 Å². The number of benzene rings is 2. The normalized spacial score (nSPS) is 15.3. The Hall–Kier alpha value is -2.24. The van der Waals surface area contributed by atoms with Crippen molar-refractivity contribution in [1.29, 1.82) is 0 Å². The minimum atomic E-state index is -3.63. The highest BCUT2D eigenvalue weighted by molar-refractivity contribution is 7.89. The van der Waals surface area contributed by atoms with Crippen LogP contribution in [0.3, 0.4) is 0 Å². The predicted molar refractivity (Wildman–Crippen MR) is 154 cm³/mol. The lowest BCUT2D eigenvalue weighted by molar-refractivity contribution is -0.123. The maximum Gasteiger partial charge on any atom is 0.243 e. The number of carbonyl (C=O) groups is 1. The van der Waals surface area contributed by atoms with Crippen LogP contribution < -0.4 is 9.64 Å². The molecule has 4 rings (SSSR count). The molecule has 0 saturated carbocycles. The number of nitrogens with zero attached hydrogens (tertiary/aromatic N) is 4. The van der Waals surface area contributed by atoms with Gasteiger partial charge in [0.2, 0.25) is 15.9 Å². The van der Waals surface area contributed by atoms with Gasteiger partial charge < -0.3 is 9.64 Å². The van der Waals surface area contributed by atoms with Crippen LogP contribution in [0.5, 0.6) is 5.75 Å². The van der Waals surface area contributed by atoms with E-state index in [1.54, 1.807) is 17.0 Å². The van der Waals surface area contributed by atoms with Crippen molar-refractivity contribution in [2.24, 2.45) is 5.92 Å². The van der Waals surface area contributed by atoms with Gasteiger partial charge in [-0.05, 0) is 75.3 Å². The number of piperidine rings is 1. The van der Waals surface area contributed by atoms with Crippen LogP contribution in [0.1, 0.15) is 33.6 Å². The van der Waals surface area contributed by atoms with Gasteiger partial charge in [0.25, 0.3) is 0 Å². The third-order valence-electron chi connectivity index (χ3n) is 6.95. The summed E-state index contributed by atoms with van der Waals surface area (Å²) in [5.41, 5.74) is 0.831. The molecule has 1 aliphatic rings. The summed E-state index contributed by atoms with van der Waals surface area (Å²) in [5.74, 6) is 0.518. The van der Waals surface area contributed by atoms with Gasteiger partial charge in [-0.3, -0.25) is 9.69 Å². The summed E-state index contributed by atoms with van der Waals surface area (Å²) in [6.07, 6.45) is 0.930. The van der Waals surface area contributed by atoms with E-state index in [9.17, 15) is 13.2 Å². The van der Waals surface area contributed by atoms with Crippen LogP contribution in [0, 0.1) is 5.92 Å². The Kier molecular flexibility index (Phi) is 9.64. The zero-order chi connectivity index (χ0) is 27.3. The monoisotopic (exact) mass is 578 g/mol. The van der Waals surface area contributed by atoms with Gasteiger partial charge >= 0.3 is 0 Å². The Morgan fingerprint density at radius 3 is 2.39 bits per heavy atom. The van der Waals surface area contributed by atoms with Crippen molar-refractivity contribution in [3.8, 4) is 5.75 Å². The first-order valence-electron chi connectivity index (χ1n) is 13.1. The molecule has 0 unspecified atom stereocenters. The second-order valence-corrected chi connectivity index (χ2v) is 12.6. The number of rotatable bonds is 11. The van der Waals surface area contributed by atoms with Crippen molar-refractivity contribution in [2.45, 2.75) is 38.5 Å². The summed E-state index contributed by atoms with van der Waals surface area (Å²) in [6, 6.07) is 12.0. The molecular weight excluding hydrogens is 544 g/mol. The van der Waals surface area contributed by atoms with E-state index in [4.69, 9.17) is 21.3 Å². The molecule has 0 radical (unpaired) electrons. The molecule has 2 heterocycles. The fraction of sp³-hybridized carbons (Fsp3) is 0.481. The van der Waals surface area contributed by atoms with Gasteiger partial charge in [0.05, 0.1) is 21.7 Å². The summed E-state index contributed by atoms with van der Waals surface area (Å²) in [5, 5.41) is 1.16. The molecule has 0 N–H and O–H groups in total. The molecule has 0 aliphatic carbocycles. The molecule has 206 valence electrons. The SMILES string of the molecule is CCOc1ccc2nc(N(CCN(CC)CC)C(=O)C3CCN(S(=O)(=O)c4ccc(Cl)cc4)CC3)sc2c1. The highest BCUT2D eigenvalue weighted by Gasteiger charge is 2.35. The quantitative estimate of drug-likeness (QED) is 0.314. The first-order chi connectivity index (χ1) is 18.3. The minimum absolute atomic E-state index is 0.00443. The standard InChI is InChI=1S/C27H35ClN4O4S2/c1-4-30(5-2)17-18-32(27-29-24-12-9-22(36-6-3)19-25(24)37-27)26(33)20-13-15-31(16-14-20)38(34,35)23-10-7-21(28)8-11-23/h7-12,19-20H,4-6,13-18H2,1-3H3. The number of hydrogen-bond donors (Lipinski definition) is 0. The molecule has 8 nitrogen and oxygen atoms in total. The lowest BCUT2D eigenvalue weighted by Crippen LogP contribution is -2.46. The van der Waals surface area contributed by atoms with E-state index in [1.165, 1.54) is 27.8 Å². The molecule has 2 aromatic carbocycles. The number of hydrogen-bond acceptors (Lipinski definition) is 7. The Labute approximate surface area is 234 Å². The molecule has 1 amide bonds. The molecular formula is C27H35ClN4O4S2. The predicted octanol–water partition coefficient (Wildman–Crippen LogP) is 5.12. The molecule has 0 bridgehead atoms. The van der Waals surface area contributed by atoms with Gasteiger partial charge in [-0.25, -0.2) is 13.4 Å². The van der Waals surface area contributed by atoms with Crippen molar-refractivity contribution in [3.05, 3.63) is 47.5 Å². The zero-order valence-corrected chi connectivity index (χ0v) is 24.5. The number of carbonyl (C=O) groups excluding carboxylic acids is 1. The van der Waals surface area contributed by atoms with E-state index in [2.05, 4.69) is 18.7 Å². The van der Waals surface area contributed by atoms with Crippen LogP contribution in [-0.2, 0) is 14.8 Å². The first-order valence-corrected chi connectivity index (χ1v) is 15.7. The number of anilines is 1. The Bertz CT molecular complexity index is 1330. The van der Waals surface area contributed by atoms with E-state index < -0.39 is 10.0 Å². The van der Waals surface area contributed by atoms with Crippen LogP contribution >= 0.6 is 22.9 Å². The van der Waals surface area contributed by atoms with Gasteiger partial charge in [0.15, 0.2) is 5.13 Å². The minimum Gasteiger partial charge on any atom is -0.494 e. The van der Waals surface area contributed by atoms with Crippen molar-refractivity contribution in [2.75, 3.05) is 50.8 Å². The average molecular weight is 579 g/mol. The average Bonchev–Trinajstić information content (AvgIpc) is 3.34. The highest BCUT2D eigenvalue weighted by atomic mass is 35.5. The number of sulfonamides is 1. The van der Waals surface area contributed by atoms with E-state index in [0.717, 1.165) is 35.6 Å². The molecule has 1 aliphatic heterocycles. The van der Waals surface area contributed by atoms with Crippen LogP contribution in [0.2, 0.25) is 5.02 Å². The van der Waals surface area contributed by atoms with Crippen molar-refractivity contribution < 1.29 is 17.9 Å². The molecule has 38 heavy (non-hydrogen) atoms. The van der Waals surface area contributed by atoms with Gasteiger partial charge in [0.1, 0.15) is 5.75 Å². The highest BCUT2D eigenvalue weighted by Crippen LogP contribution is 2.34. The second kappa shape index (κ2) is 12.7. The molecule has 1 saturated heterocycles. The van der Waals surface area contributed by atoms with Crippen LogP contribution in [0.25, 0.3) is 10.2 Å². The third-order valence-corrected chi connectivity index (χ3v) is 10.2. The summed E-state index contributed by atoms with van der Waals surface area (Å²) in [4.78, 5) is 23.0. The maximum atomic E-state index is 13.9. The number of fused-ring (bicyclic) bond motifs is 1. The van der Waals surface area contributed by atoms with Crippen molar-refractivity contribution in [3.63, 3.8) is 0 Å². The number of thiazole rings is 1. The lowest BCUT2D eigenvalue weighted by atomic mass is 9.96. The van der Waals surface area contributed by atoms with E-state index in [1.807, 2.05) is 25.1 Å². The smallest absolute Gasteiger partial charge is 0.243 e. The third kappa shape index (κ3) is 6.48. The number of halogens is 1. The lowest BCUT2D eigenvalue weighted by Gasteiger charge is -2.33. The van der Waals surface area contributed by atoms with Gasteiger partial charge in [-0.1, -0.05) is 36.8 Å². The molecule has 0 spiro atoms. The Morgan fingerprint density at radius 1 is 1.08 bits per heavy atom. The summed E-state index contributed by atoms with van der Waals surface area (Å²) < 4.78 is 34.3. The van der Waals surface area contributed by atoms with Gasteiger partial charge in [-0.2, -0.15) is 4.31 Å². The topological polar surface area (TPSA) is 83.1 Å². The van der Waals surface area contributed by atoms with Crippen LogP contribution in [0.15, 0.2) is 47.4 Å². The van der Waals surface area contributed by atoms with Crippen molar-refractivity contribution >= 4 is 54.2 Å². The molecule has 1 aromatic heterocycles. The Morgan fingerprint density at radius 2 is 1.76 bits per heavy atom. The fourth-order valence-electron chi connectivity index (χ4n) is 4.67. The van der Waals surface area contributed by atoms with E-state index in [-0.39, 0.29) is 16.7 Å². The number of ether oxygens (including phenoxy) is 1. The summed E-state index contributed by atoms with van der Waals surface area (Å²) >= 11 is 7.42. The van der Waals surface area contributed by atoms with Gasteiger partial charge in [-0.15, -0.1) is 0 Å². The van der Waals surface area contributed by atoms with Gasteiger partial charge in [0, 0.05) is 37.1 Å². The first kappa shape index (κ1) is 28.8. The molecule has 0 atom stereocenters. The molecule has 3 aromatic rings. The maximum absolute atomic E-state index is 13.9. The molecule has 1 fully saturated rings. The number of likely N-dealkylation sites (N-methyl/N-ethyl adjacent to an activating group) is 1. The van der Waals surface area contributed by atoms with Crippen LogP contribution in [0.4, 0.5) is 5.13 Å². The second-order valence-electron chi connectivity index (χ2n) is 9.21. The number of amides is 1. The molecule has 11 heteroatoms. The summed E-state index contributed by atoms with van der Waals surface area (Å²) in [7, 11) is -3.63. The fourth-order valence-corrected chi connectivity index (χ4v) is 7.29. The van der Waals surface area contributed by atoms with E-state index in [0.29, 0.717) is 49.2 Å². The number of aromatic nitrogens is 1. The zero-order valence-electron chi connectivity index (χ0n) is 22.1. The Balaban J connectivity index is 1.52. The van der Waals surface area contributed by atoms with E-state index >= 15 is 0 Å². The largest absolute Gasteiger partial charge is 0.494 e.